The zero-order chi connectivity index (χ0) is 32.5. The van der Waals surface area contributed by atoms with E-state index >= 15 is 0 Å². The van der Waals surface area contributed by atoms with Crippen molar-refractivity contribution in [3.05, 3.63) is 64.7 Å². The molecule has 5 heterocycles. The molecule has 242 valence electrons. The maximum atomic E-state index is 12.9. The SMILES string of the molecule is Cc1c(CN2CCC(Nc3ncnc4sc(CC(F)(F)F)cc34)CC2)ccc2c1cc(C#N)n2CC(O)(CO)CCn1ccnn1. The summed E-state index contributed by atoms with van der Waals surface area (Å²) in [5, 5.41) is 43.9. The van der Waals surface area contributed by atoms with Crippen LogP contribution in [0.3, 0.4) is 0 Å². The summed E-state index contributed by atoms with van der Waals surface area (Å²) in [6.07, 6.45) is 1.29. The normalized spacial score (nSPS) is 16.2. The van der Waals surface area contributed by atoms with Crippen molar-refractivity contribution in [3.63, 3.8) is 0 Å². The second-order valence-electron chi connectivity index (χ2n) is 11.9. The van der Waals surface area contributed by atoms with E-state index in [1.807, 2.05) is 19.1 Å². The summed E-state index contributed by atoms with van der Waals surface area (Å²) in [5.74, 6) is 0.568. The number of hydrogen-bond acceptors (Lipinski definition) is 10. The molecule has 1 atom stereocenters. The molecule has 3 N–H and O–H groups in total. The van der Waals surface area contributed by atoms with Crippen molar-refractivity contribution < 1.29 is 23.4 Å². The molecule has 1 aliphatic heterocycles. The average Bonchev–Trinajstić information content (AvgIpc) is 3.77. The van der Waals surface area contributed by atoms with Crippen LogP contribution < -0.4 is 5.32 Å². The molecule has 0 radical (unpaired) electrons. The van der Waals surface area contributed by atoms with Crippen LogP contribution in [-0.2, 0) is 26.1 Å². The number of aliphatic hydroxyl groups is 2. The molecule has 4 aromatic heterocycles. The Kier molecular flexibility index (Phi) is 8.97. The van der Waals surface area contributed by atoms with Gasteiger partial charge in [-0.3, -0.25) is 9.58 Å². The molecule has 15 heteroatoms. The number of aryl methyl sites for hydroxylation is 2. The van der Waals surface area contributed by atoms with E-state index in [-0.39, 0.29) is 23.9 Å². The highest BCUT2D eigenvalue weighted by atomic mass is 32.1. The Balaban J connectivity index is 1.11. The summed E-state index contributed by atoms with van der Waals surface area (Å²) in [4.78, 5) is 11.6. The minimum atomic E-state index is -4.27. The van der Waals surface area contributed by atoms with E-state index in [2.05, 4.69) is 42.6 Å². The first-order valence-electron chi connectivity index (χ1n) is 15.0. The molecule has 1 unspecified atom stereocenters. The number of fused-ring (bicyclic) bond motifs is 2. The van der Waals surface area contributed by atoms with Gasteiger partial charge in [0.1, 0.15) is 34.3 Å². The molecular weight excluding hydrogens is 619 g/mol. The maximum absolute atomic E-state index is 12.9. The third kappa shape index (κ3) is 7.00. The number of nitrogens with one attached hydrogen (secondary N) is 1. The van der Waals surface area contributed by atoms with Gasteiger partial charge in [0.05, 0.1) is 31.2 Å². The molecule has 11 nitrogen and oxygen atoms in total. The molecule has 0 saturated carbocycles. The topological polar surface area (TPSA) is 141 Å². The predicted molar refractivity (Wildman–Crippen MR) is 167 cm³/mol. The van der Waals surface area contributed by atoms with Crippen molar-refractivity contribution in [2.75, 3.05) is 25.0 Å². The average molecular weight is 654 g/mol. The summed E-state index contributed by atoms with van der Waals surface area (Å²) in [5.41, 5.74) is 1.96. The molecule has 1 saturated heterocycles. The van der Waals surface area contributed by atoms with Crippen LogP contribution in [0.5, 0.6) is 0 Å². The lowest BCUT2D eigenvalue weighted by Crippen LogP contribution is -2.39. The van der Waals surface area contributed by atoms with Gasteiger partial charge >= 0.3 is 6.18 Å². The second-order valence-corrected chi connectivity index (χ2v) is 13.1. The highest BCUT2D eigenvalue weighted by Gasteiger charge is 2.30. The Morgan fingerprint density at radius 2 is 1.96 bits per heavy atom. The number of rotatable bonds is 11. The van der Waals surface area contributed by atoms with Gasteiger partial charge in [-0.05, 0) is 55.5 Å². The van der Waals surface area contributed by atoms with Gasteiger partial charge in [-0.1, -0.05) is 11.3 Å². The zero-order valence-electron chi connectivity index (χ0n) is 25.2. The number of thiophene rings is 1. The monoisotopic (exact) mass is 653 g/mol. The Bertz CT molecular complexity index is 1860. The van der Waals surface area contributed by atoms with Crippen molar-refractivity contribution >= 4 is 38.3 Å². The molecule has 1 aromatic carbocycles. The number of aromatic nitrogens is 6. The molecule has 0 aliphatic carbocycles. The van der Waals surface area contributed by atoms with Crippen LogP contribution in [0, 0.1) is 18.3 Å². The molecule has 1 aliphatic rings. The smallest absolute Gasteiger partial charge is 0.393 e. The van der Waals surface area contributed by atoms with E-state index < -0.39 is 24.8 Å². The fourth-order valence-electron chi connectivity index (χ4n) is 6.11. The number of hydrogen-bond donors (Lipinski definition) is 3. The summed E-state index contributed by atoms with van der Waals surface area (Å²) < 4.78 is 42.1. The third-order valence-electron chi connectivity index (χ3n) is 8.68. The summed E-state index contributed by atoms with van der Waals surface area (Å²) in [7, 11) is 0. The Hall–Kier alpha value is -4.10. The van der Waals surface area contributed by atoms with E-state index in [0.717, 1.165) is 65.8 Å². The fraction of sp³-hybridized carbons (Fsp3) is 0.452. The maximum Gasteiger partial charge on any atom is 0.393 e. The third-order valence-corrected chi connectivity index (χ3v) is 9.73. The van der Waals surface area contributed by atoms with Gasteiger partial charge in [-0.15, -0.1) is 16.4 Å². The van der Waals surface area contributed by atoms with Crippen molar-refractivity contribution in [2.24, 2.45) is 0 Å². The zero-order valence-corrected chi connectivity index (χ0v) is 26.0. The Morgan fingerprint density at radius 1 is 1.15 bits per heavy atom. The lowest BCUT2D eigenvalue weighted by Gasteiger charge is -2.33. The summed E-state index contributed by atoms with van der Waals surface area (Å²) in [6, 6.07) is 9.78. The van der Waals surface area contributed by atoms with Crippen molar-refractivity contribution in [1.82, 2.24) is 34.4 Å². The lowest BCUT2D eigenvalue weighted by molar-refractivity contribution is -0.126. The van der Waals surface area contributed by atoms with Crippen LogP contribution >= 0.6 is 11.3 Å². The number of benzene rings is 1. The van der Waals surface area contributed by atoms with Gasteiger partial charge in [0, 0.05) is 54.2 Å². The minimum Gasteiger partial charge on any atom is -0.393 e. The van der Waals surface area contributed by atoms with Crippen molar-refractivity contribution in [2.45, 2.75) is 70.1 Å². The number of likely N-dealkylation sites (tertiary alicyclic amines) is 1. The highest BCUT2D eigenvalue weighted by molar-refractivity contribution is 7.18. The van der Waals surface area contributed by atoms with Gasteiger partial charge in [0.15, 0.2) is 0 Å². The van der Waals surface area contributed by atoms with E-state index in [1.165, 1.54) is 12.4 Å². The molecule has 6 rings (SSSR count). The molecule has 0 spiro atoms. The Morgan fingerprint density at radius 3 is 2.65 bits per heavy atom. The minimum absolute atomic E-state index is 0.0531. The van der Waals surface area contributed by atoms with Crippen LogP contribution in [0.25, 0.3) is 21.1 Å². The van der Waals surface area contributed by atoms with E-state index in [0.29, 0.717) is 28.3 Å². The number of anilines is 1. The molecule has 0 bridgehead atoms. The molecule has 46 heavy (non-hydrogen) atoms. The van der Waals surface area contributed by atoms with Crippen LogP contribution in [0.2, 0.25) is 0 Å². The van der Waals surface area contributed by atoms with Crippen LogP contribution in [0.15, 0.2) is 43.0 Å². The number of nitriles is 1. The quantitative estimate of drug-likeness (QED) is 0.189. The number of aliphatic hydroxyl groups excluding tert-OH is 1. The second kappa shape index (κ2) is 13.0. The Labute approximate surface area is 266 Å². The lowest BCUT2D eigenvalue weighted by atomic mass is 9.99. The highest BCUT2D eigenvalue weighted by Crippen LogP contribution is 2.34. The van der Waals surface area contributed by atoms with Crippen molar-refractivity contribution in [3.8, 4) is 6.07 Å². The first-order valence-corrected chi connectivity index (χ1v) is 15.8. The van der Waals surface area contributed by atoms with Gasteiger partial charge in [-0.25, -0.2) is 9.97 Å². The van der Waals surface area contributed by atoms with Crippen LogP contribution in [0.4, 0.5) is 19.0 Å². The fourth-order valence-corrected chi connectivity index (χ4v) is 7.13. The van der Waals surface area contributed by atoms with E-state index in [9.17, 15) is 28.6 Å². The van der Waals surface area contributed by atoms with Crippen molar-refractivity contribution in [1.29, 1.82) is 5.26 Å². The van der Waals surface area contributed by atoms with Crippen LogP contribution in [-0.4, -0.2) is 82.2 Å². The van der Waals surface area contributed by atoms with Gasteiger partial charge in [0.2, 0.25) is 0 Å². The number of piperidine rings is 1. The predicted octanol–water partition coefficient (Wildman–Crippen LogP) is 4.41. The van der Waals surface area contributed by atoms with Gasteiger partial charge < -0.3 is 20.1 Å². The summed E-state index contributed by atoms with van der Waals surface area (Å²) >= 11 is 1.05. The molecule has 5 aromatic rings. The number of halogens is 3. The van der Waals surface area contributed by atoms with Crippen LogP contribution in [0.1, 0.15) is 41.0 Å². The largest absolute Gasteiger partial charge is 0.393 e. The standard InChI is InChI=1S/C31H34F3N9O2S/c1-20-21(2-3-27-25(20)12-23(15-35)43(27)17-30(45,18-44)6-10-42-11-7-38-40-42)16-41-8-4-22(5-9-41)39-28-26-13-24(14-31(32,33)34)46-29(26)37-19-36-28/h2-3,7,11-13,19,22,44-45H,4-6,8-10,14,16-18H2,1H3,(H,36,37,39). The molecule has 0 amide bonds. The van der Waals surface area contributed by atoms with Gasteiger partial charge in [-0.2, -0.15) is 18.4 Å². The van der Waals surface area contributed by atoms with Gasteiger partial charge in [0.25, 0.3) is 0 Å². The molecule has 1 fully saturated rings. The van der Waals surface area contributed by atoms with E-state index in [1.54, 1.807) is 21.6 Å². The van der Waals surface area contributed by atoms with E-state index in [4.69, 9.17) is 0 Å². The first kappa shape index (κ1) is 31.9. The number of nitrogens with zero attached hydrogens (tertiary/aromatic N) is 8. The number of alkyl halides is 3. The summed E-state index contributed by atoms with van der Waals surface area (Å²) in [6.45, 7) is 4.37. The first-order chi connectivity index (χ1) is 22.0. The molecular formula is C31H34F3N9O2S.